The number of amides is 3. The van der Waals surface area contributed by atoms with Crippen LogP contribution >= 0.6 is 0 Å². The van der Waals surface area contributed by atoms with Crippen LogP contribution in [0.4, 0.5) is 10.5 Å². The van der Waals surface area contributed by atoms with Crippen molar-refractivity contribution in [1.82, 2.24) is 14.8 Å². The summed E-state index contributed by atoms with van der Waals surface area (Å²) in [5.41, 5.74) is 1.54. The number of benzene rings is 1. The van der Waals surface area contributed by atoms with E-state index in [1.807, 2.05) is 20.8 Å². The van der Waals surface area contributed by atoms with Crippen LogP contribution < -0.4 is 14.8 Å². The van der Waals surface area contributed by atoms with E-state index in [2.05, 4.69) is 22.1 Å². The lowest BCUT2D eigenvalue weighted by Gasteiger charge is -2.37. The molecule has 0 saturated heterocycles. The van der Waals surface area contributed by atoms with Crippen LogP contribution in [0.3, 0.4) is 0 Å². The van der Waals surface area contributed by atoms with E-state index in [4.69, 9.17) is 9.47 Å². The zero-order chi connectivity index (χ0) is 27.1. The zero-order valence-corrected chi connectivity index (χ0v) is 22.3. The number of likely N-dealkylation sites (N-methyl/N-ethyl adjacent to an activating group) is 1. The summed E-state index contributed by atoms with van der Waals surface area (Å²) in [6.45, 7) is 8.16. The molecule has 2 aromatic rings. The predicted octanol–water partition coefficient (Wildman–Crippen LogP) is 3.48. The van der Waals surface area contributed by atoms with Gasteiger partial charge in [-0.25, -0.2) is 9.78 Å². The summed E-state index contributed by atoms with van der Waals surface area (Å²) in [6.07, 6.45) is 1.14. The van der Waals surface area contributed by atoms with Crippen LogP contribution in [0.5, 0.6) is 11.6 Å². The van der Waals surface area contributed by atoms with Crippen molar-refractivity contribution in [2.45, 2.75) is 39.8 Å². The van der Waals surface area contributed by atoms with Crippen LogP contribution in [-0.4, -0.2) is 77.8 Å². The van der Waals surface area contributed by atoms with E-state index in [0.29, 0.717) is 23.5 Å². The average Bonchev–Trinajstić information content (AvgIpc) is 2.89. The highest BCUT2D eigenvalue weighted by Crippen LogP contribution is 2.27. The van der Waals surface area contributed by atoms with Gasteiger partial charge in [0.1, 0.15) is 17.4 Å². The molecule has 3 atom stereocenters. The van der Waals surface area contributed by atoms with Gasteiger partial charge in [-0.2, -0.15) is 0 Å². The lowest BCUT2D eigenvalue weighted by molar-refractivity contribution is 0.0356. The number of anilines is 1. The van der Waals surface area contributed by atoms with Crippen molar-refractivity contribution < 1.29 is 24.2 Å². The second-order valence-corrected chi connectivity index (χ2v) is 9.66. The maximum absolute atomic E-state index is 13.5. The van der Waals surface area contributed by atoms with E-state index < -0.39 is 12.1 Å². The number of urea groups is 1. The molecule has 1 aromatic carbocycles. The number of hydrogen-bond donors (Lipinski definition) is 2. The number of aliphatic hydroxyl groups excluding tert-OH is 1. The van der Waals surface area contributed by atoms with Gasteiger partial charge in [-0.3, -0.25) is 4.79 Å². The van der Waals surface area contributed by atoms with Gasteiger partial charge in [0, 0.05) is 42.9 Å². The van der Waals surface area contributed by atoms with Gasteiger partial charge >= 0.3 is 6.03 Å². The summed E-state index contributed by atoms with van der Waals surface area (Å²) < 4.78 is 11.4. The minimum atomic E-state index is -0.452. The number of aromatic nitrogens is 1. The molecule has 9 heteroatoms. The number of hydrogen-bond acceptors (Lipinski definition) is 6. The largest absolute Gasteiger partial charge is 0.497 e. The smallest absolute Gasteiger partial charge is 0.321 e. The molecular formula is C28H36N4O5. The number of pyridine rings is 1. The first-order valence-electron chi connectivity index (χ1n) is 12.4. The molecule has 0 fully saturated rings. The molecule has 2 heterocycles. The molecule has 0 saturated carbocycles. The molecule has 9 nitrogen and oxygen atoms in total. The lowest BCUT2D eigenvalue weighted by Crippen LogP contribution is -2.50. The van der Waals surface area contributed by atoms with Crippen molar-refractivity contribution in [3.8, 4) is 23.5 Å². The van der Waals surface area contributed by atoms with E-state index in [1.54, 1.807) is 62.5 Å². The number of methoxy groups -OCH3 is 1. The Bertz CT molecular complexity index is 1160. The number of nitrogens with zero attached hydrogens (tertiary/aromatic N) is 3. The van der Waals surface area contributed by atoms with Gasteiger partial charge in [-0.1, -0.05) is 32.6 Å². The quantitative estimate of drug-likeness (QED) is 0.579. The lowest BCUT2D eigenvalue weighted by atomic mass is 10.00. The third-order valence-corrected chi connectivity index (χ3v) is 6.17. The molecule has 1 aliphatic rings. The number of nitrogens with one attached hydrogen (secondary N) is 1. The number of aliphatic hydroxyl groups is 1. The van der Waals surface area contributed by atoms with Crippen molar-refractivity contribution in [1.29, 1.82) is 0 Å². The Morgan fingerprint density at radius 3 is 2.65 bits per heavy atom. The Hall–Kier alpha value is -3.77. The van der Waals surface area contributed by atoms with E-state index in [9.17, 15) is 14.7 Å². The average molecular weight is 509 g/mol. The van der Waals surface area contributed by atoms with Gasteiger partial charge in [0.25, 0.3) is 5.91 Å². The van der Waals surface area contributed by atoms with Crippen molar-refractivity contribution >= 4 is 17.6 Å². The first-order chi connectivity index (χ1) is 17.6. The first-order valence-corrected chi connectivity index (χ1v) is 12.4. The number of carbonyl (C=O) groups is 2. The summed E-state index contributed by atoms with van der Waals surface area (Å²) in [6, 6.07) is 8.05. The van der Waals surface area contributed by atoms with Gasteiger partial charge < -0.3 is 29.7 Å². The highest BCUT2D eigenvalue weighted by Gasteiger charge is 2.34. The molecule has 0 radical (unpaired) electrons. The monoisotopic (exact) mass is 508 g/mol. The topological polar surface area (TPSA) is 104 Å². The second-order valence-electron chi connectivity index (χ2n) is 9.66. The highest BCUT2D eigenvalue weighted by atomic mass is 16.5. The van der Waals surface area contributed by atoms with Gasteiger partial charge in [-0.05, 0) is 37.3 Å². The first kappa shape index (κ1) is 27.8. The Morgan fingerprint density at radius 1 is 1.32 bits per heavy atom. The van der Waals surface area contributed by atoms with Crippen LogP contribution in [0, 0.1) is 23.7 Å². The van der Waals surface area contributed by atoms with E-state index >= 15 is 0 Å². The molecule has 0 bridgehead atoms. The van der Waals surface area contributed by atoms with Crippen LogP contribution in [0.25, 0.3) is 0 Å². The van der Waals surface area contributed by atoms with Gasteiger partial charge in [0.2, 0.25) is 5.88 Å². The standard InChI is InChI=1S/C28H36N4O5/c1-18(2)7-8-21-13-24-26(29-14-21)37-25(19(3)15-32(27(24)34)20(4)17-33)16-31(5)28(35)30-22-9-11-23(36-6)12-10-22/h9-14,18-20,25,33H,15-17H2,1-6H3,(H,30,35)/t19-,20-,25+/m0/s1. The summed E-state index contributed by atoms with van der Waals surface area (Å²) in [5.74, 6) is 6.77. The molecule has 3 amide bonds. The van der Waals surface area contributed by atoms with E-state index in [0.717, 1.165) is 0 Å². The fourth-order valence-electron chi connectivity index (χ4n) is 3.86. The molecule has 198 valence electrons. The third kappa shape index (κ3) is 7.14. The number of ether oxygens (including phenoxy) is 2. The van der Waals surface area contributed by atoms with Gasteiger partial charge in [0.05, 0.1) is 26.3 Å². The zero-order valence-electron chi connectivity index (χ0n) is 22.3. The summed E-state index contributed by atoms with van der Waals surface area (Å²) in [7, 11) is 3.27. The van der Waals surface area contributed by atoms with Crippen molar-refractivity contribution in [2.24, 2.45) is 11.8 Å². The molecule has 1 aromatic heterocycles. The maximum Gasteiger partial charge on any atom is 0.321 e. The molecule has 0 spiro atoms. The van der Waals surface area contributed by atoms with E-state index in [-0.39, 0.29) is 48.4 Å². The van der Waals surface area contributed by atoms with Crippen LogP contribution in [0.2, 0.25) is 0 Å². The van der Waals surface area contributed by atoms with Crippen LogP contribution in [0.15, 0.2) is 36.5 Å². The molecule has 37 heavy (non-hydrogen) atoms. The molecule has 0 unspecified atom stereocenters. The molecule has 0 aliphatic carbocycles. The summed E-state index contributed by atoms with van der Waals surface area (Å²) in [5, 5.41) is 12.7. The summed E-state index contributed by atoms with van der Waals surface area (Å²) >= 11 is 0. The number of carbonyl (C=O) groups excluding carboxylic acids is 2. The Morgan fingerprint density at radius 2 is 2.03 bits per heavy atom. The molecule has 3 rings (SSSR count). The molecule has 2 N–H and O–H groups in total. The highest BCUT2D eigenvalue weighted by molar-refractivity contribution is 5.97. The Balaban J connectivity index is 1.85. The van der Waals surface area contributed by atoms with Crippen molar-refractivity contribution in [2.75, 3.05) is 39.2 Å². The number of fused-ring (bicyclic) bond motifs is 1. The third-order valence-electron chi connectivity index (χ3n) is 6.17. The SMILES string of the molecule is COc1ccc(NC(=O)N(C)C[C@H]2Oc3ncc(C#CC(C)C)cc3C(=O)N([C@@H](C)CO)C[C@@H]2C)cc1. The predicted molar refractivity (Wildman–Crippen MR) is 142 cm³/mol. The maximum atomic E-state index is 13.5. The molecule has 1 aliphatic heterocycles. The van der Waals surface area contributed by atoms with Gasteiger partial charge in [0.15, 0.2) is 0 Å². The Labute approximate surface area is 218 Å². The van der Waals surface area contributed by atoms with Crippen LogP contribution in [0.1, 0.15) is 43.6 Å². The second kappa shape index (κ2) is 12.5. The van der Waals surface area contributed by atoms with Crippen LogP contribution in [-0.2, 0) is 0 Å². The van der Waals surface area contributed by atoms with Crippen molar-refractivity contribution in [3.05, 3.63) is 47.7 Å². The van der Waals surface area contributed by atoms with Gasteiger partial charge in [-0.15, -0.1) is 0 Å². The molecular weight excluding hydrogens is 472 g/mol. The van der Waals surface area contributed by atoms with Crippen molar-refractivity contribution in [3.63, 3.8) is 0 Å². The minimum Gasteiger partial charge on any atom is -0.497 e. The van der Waals surface area contributed by atoms with E-state index in [1.165, 1.54) is 4.90 Å². The normalized spacial score (nSPS) is 17.9. The minimum absolute atomic E-state index is 0.149. The summed E-state index contributed by atoms with van der Waals surface area (Å²) in [4.78, 5) is 34.0. The fraction of sp³-hybridized carbons (Fsp3) is 0.464. The fourth-order valence-corrected chi connectivity index (χ4v) is 3.86. The Kier molecular flexibility index (Phi) is 9.36. The number of rotatable bonds is 6.